The van der Waals surface area contributed by atoms with Crippen molar-refractivity contribution in [1.82, 2.24) is 20.9 Å². The van der Waals surface area contributed by atoms with Gasteiger partial charge in [-0.2, -0.15) is 0 Å². The van der Waals surface area contributed by atoms with Crippen LogP contribution in [0.15, 0.2) is 12.7 Å². The molecule has 1 aliphatic carbocycles. The van der Waals surface area contributed by atoms with Gasteiger partial charge in [0.25, 0.3) is 5.91 Å². The van der Waals surface area contributed by atoms with E-state index in [9.17, 15) is 19.2 Å². The zero-order chi connectivity index (χ0) is 28.3. The summed E-state index contributed by atoms with van der Waals surface area (Å²) in [5.74, 6) is -1.57. The standard InChI is InChI=1S/C29H50N4O4/c1-11-13-19(22(34)25(36)31-15-12-2)32-24(35)21-20-18(29(20,9)10)17-33(21)26(37)23(28(6,7)8)30-16-14-27(3,4)5/h12,18-21,23,30H,2,11,13-17H2,1,3-10H3,(H,31,36)(H,32,35). The summed E-state index contributed by atoms with van der Waals surface area (Å²) in [6.45, 7) is 23.7. The first kappa shape index (κ1) is 31.0. The van der Waals surface area contributed by atoms with Gasteiger partial charge in [0.2, 0.25) is 17.6 Å². The largest absolute Gasteiger partial charge is 0.346 e. The Balaban J connectivity index is 2.25. The Bertz CT molecular complexity index is 883. The second-order valence-electron chi connectivity index (χ2n) is 13.7. The molecule has 1 saturated heterocycles. The van der Waals surface area contributed by atoms with Gasteiger partial charge >= 0.3 is 0 Å². The van der Waals surface area contributed by atoms with Crippen LogP contribution >= 0.6 is 0 Å². The molecule has 2 fully saturated rings. The van der Waals surface area contributed by atoms with Crippen LogP contribution in [0.2, 0.25) is 0 Å². The summed E-state index contributed by atoms with van der Waals surface area (Å²) >= 11 is 0. The van der Waals surface area contributed by atoms with Gasteiger partial charge in [-0.3, -0.25) is 19.2 Å². The van der Waals surface area contributed by atoms with Crippen LogP contribution < -0.4 is 16.0 Å². The number of carbonyl (C=O) groups is 4. The highest BCUT2D eigenvalue weighted by atomic mass is 16.2. The SMILES string of the molecule is C=CCNC(=O)C(=O)C(CCC)NC(=O)C1C2C(CN1C(=O)C(NCCC(C)(C)C)C(C)(C)C)C2(C)C. The molecule has 5 unspecified atom stereocenters. The molecule has 2 rings (SSSR count). The first-order chi connectivity index (χ1) is 17.0. The van der Waals surface area contributed by atoms with E-state index in [1.807, 2.05) is 27.7 Å². The fraction of sp³-hybridized carbons (Fsp3) is 0.793. The van der Waals surface area contributed by atoms with Gasteiger partial charge in [-0.1, -0.05) is 74.8 Å². The predicted octanol–water partition coefficient (Wildman–Crippen LogP) is 3.07. The van der Waals surface area contributed by atoms with Crippen molar-refractivity contribution in [2.24, 2.45) is 28.1 Å². The van der Waals surface area contributed by atoms with Crippen LogP contribution in [0.4, 0.5) is 0 Å². The number of rotatable bonds is 12. The number of carbonyl (C=O) groups excluding carboxylic acids is 4. The molecule has 210 valence electrons. The third kappa shape index (κ3) is 7.43. The quantitative estimate of drug-likeness (QED) is 0.272. The van der Waals surface area contributed by atoms with Crippen LogP contribution in [0.3, 0.4) is 0 Å². The number of amides is 3. The van der Waals surface area contributed by atoms with Gasteiger partial charge in [0.05, 0.1) is 12.1 Å². The Labute approximate surface area is 223 Å². The average Bonchev–Trinajstić information content (AvgIpc) is 3.10. The summed E-state index contributed by atoms with van der Waals surface area (Å²) in [6.07, 6.45) is 3.39. The summed E-state index contributed by atoms with van der Waals surface area (Å²) in [5.41, 5.74) is -0.261. The molecule has 3 N–H and O–H groups in total. The number of likely N-dealkylation sites (tertiary alicyclic amines) is 1. The van der Waals surface area contributed by atoms with E-state index < -0.39 is 29.8 Å². The highest BCUT2D eigenvalue weighted by molar-refractivity contribution is 6.38. The third-order valence-corrected chi connectivity index (χ3v) is 7.94. The van der Waals surface area contributed by atoms with Crippen LogP contribution in [-0.2, 0) is 19.2 Å². The number of Topliss-reactive ketones (excluding diaryl/α,β-unsaturated/α-hetero) is 1. The highest BCUT2D eigenvalue weighted by Gasteiger charge is 2.69. The fourth-order valence-electron chi connectivity index (χ4n) is 5.56. The molecule has 37 heavy (non-hydrogen) atoms. The van der Waals surface area contributed by atoms with Gasteiger partial charge < -0.3 is 20.9 Å². The lowest BCUT2D eigenvalue weighted by molar-refractivity contribution is -0.145. The average molecular weight is 519 g/mol. The minimum atomic E-state index is -0.927. The van der Waals surface area contributed by atoms with Gasteiger partial charge in [0.15, 0.2) is 0 Å². The van der Waals surface area contributed by atoms with E-state index in [1.165, 1.54) is 6.08 Å². The highest BCUT2D eigenvalue weighted by Crippen LogP contribution is 2.65. The van der Waals surface area contributed by atoms with E-state index in [0.717, 1.165) is 6.42 Å². The summed E-state index contributed by atoms with van der Waals surface area (Å²) in [7, 11) is 0. The van der Waals surface area contributed by atoms with E-state index in [2.05, 4.69) is 57.1 Å². The van der Waals surface area contributed by atoms with Crippen LogP contribution in [0.5, 0.6) is 0 Å². The molecule has 0 spiro atoms. The molecule has 0 aromatic heterocycles. The molecule has 3 amide bonds. The van der Waals surface area contributed by atoms with E-state index in [4.69, 9.17) is 0 Å². The van der Waals surface area contributed by atoms with Gasteiger partial charge in [0.1, 0.15) is 6.04 Å². The first-order valence-corrected chi connectivity index (χ1v) is 13.7. The zero-order valence-corrected chi connectivity index (χ0v) is 24.5. The maximum atomic E-state index is 14.0. The molecule has 8 nitrogen and oxygen atoms in total. The third-order valence-electron chi connectivity index (χ3n) is 7.94. The molecule has 2 aliphatic rings. The second kappa shape index (κ2) is 11.7. The van der Waals surface area contributed by atoms with Crippen molar-refractivity contribution in [3.8, 4) is 0 Å². The molecule has 0 radical (unpaired) electrons. The van der Waals surface area contributed by atoms with E-state index in [1.54, 1.807) is 4.90 Å². The number of hydrogen-bond donors (Lipinski definition) is 3. The number of fused-ring (bicyclic) bond motifs is 1. The van der Waals surface area contributed by atoms with Crippen LogP contribution in [0, 0.1) is 28.1 Å². The van der Waals surface area contributed by atoms with Crippen molar-refractivity contribution >= 4 is 23.5 Å². The van der Waals surface area contributed by atoms with Crippen LogP contribution in [-0.4, -0.2) is 66.2 Å². The Morgan fingerprint density at radius 2 is 1.73 bits per heavy atom. The Kier molecular flexibility index (Phi) is 9.77. The Hall–Kier alpha value is -2.22. The smallest absolute Gasteiger partial charge is 0.289 e. The Morgan fingerprint density at radius 1 is 1.11 bits per heavy atom. The van der Waals surface area contributed by atoms with Gasteiger partial charge in [0, 0.05) is 13.1 Å². The molecular weight excluding hydrogens is 468 g/mol. The van der Waals surface area contributed by atoms with Crippen molar-refractivity contribution in [1.29, 1.82) is 0 Å². The maximum Gasteiger partial charge on any atom is 0.289 e. The van der Waals surface area contributed by atoms with Crippen molar-refractivity contribution in [3.63, 3.8) is 0 Å². The van der Waals surface area contributed by atoms with Crippen LogP contribution in [0.1, 0.15) is 81.6 Å². The van der Waals surface area contributed by atoms with Crippen LogP contribution in [0.25, 0.3) is 0 Å². The molecule has 0 aromatic rings. The number of piperidine rings is 1. The summed E-state index contributed by atoms with van der Waals surface area (Å²) in [6, 6.07) is -2.03. The number of ketones is 1. The first-order valence-electron chi connectivity index (χ1n) is 13.7. The Morgan fingerprint density at radius 3 is 2.24 bits per heavy atom. The monoisotopic (exact) mass is 518 g/mol. The zero-order valence-electron chi connectivity index (χ0n) is 24.5. The number of nitrogens with one attached hydrogen (secondary N) is 3. The number of nitrogens with zero attached hydrogens (tertiary/aromatic N) is 1. The normalized spacial score (nSPS) is 24.0. The topological polar surface area (TPSA) is 108 Å². The second-order valence-corrected chi connectivity index (χ2v) is 13.7. The molecule has 0 aromatic carbocycles. The molecule has 5 atom stereocenters. The van der Waals surface area contributed by atoms with Gasteiger partial charge in [-0.15, -0.1) is 6.58 Å². The molecule has 1 aliphatic heterocycles. The predicted molar refractivity (Wildman–Crippen MR) is 147 cm³/mol. The lowest BCUT2D eigenvalue weighted by Gasteiger charge is -2.38. The lowest BCUT2D eigenvalue weighted by Crippen LogP contribution is -2.60. The molecule has 0 bridgehead atoms. The molecule has 1 saturated carbocycles. The molecular formula is C29H50N4O4. The van der Waals surface area contributed by atoms with Crippen molar-refractivity contribution < 1.29 is 19.2 Å². The van der Waals surface area contributed by atoms with Crippen molar-refractivity contribution in [2.45, 2.75) is 99.7 Å². The summed E-state index contributed by atoms with van der Waals surface area (Å²) in [4.78, 5) is 54.5. The molecule has 8 heteroatoms. The van der Waals surface area contributed by atoms with Gasteiger partial charge in [-0.25, -0.2) is 0 Å². The minimum Gasteiger partial charge on any atom is -0.346 e. The fourth-order valence-corrected chi connectivity index (χ4v) is 5.56. The maximum absolute atomic E-state index is 14.0. The van der Waals surface area contributed by atoms with Crippen molar-refractivity contribution in [3.05, 3.63) is 12.7 Å². The van der Waals surface area contributed by atoms with E-state index in [0.29, 0.717) is 25.9 Å². The van der Waals surface area contributed by atoms with Crippen molar-refractivity contribution in [2.75, 3.05) is 19.6 Å². The van der Waals surface area contributed by atoms with Gasteiger partial charge in [-0.05, 0) is 47.5 Å². The molecule has 1 heterocycles. The summed E-state index contributed by atoms with van der Waals surface area (Å²) in [5, 5.41) is 8.83. The number of hydrogen-bond acceptors (Lipinski definition) is 5. The van der Waals surface area contributed by atoms with E-state index in [-0.39, 0.29) is 46.4 Å². The minimum absolute atomic E-state index is 0.0265. The summed E-state index contributed by atoms with van der Waals surface area (Å²) < 4.78 is 0. The lowest BCUT2D eigenvalue weighted by atomic mass is 9.84. The van der Waals surface area contributed by atoms with E-state index >= 15 is 0 Å².